The lowest BCUT2D eigenvalue weighted by Gasteiger charge is -2.27. The zero-order valence-electron chi connectivity index (χ0n) is 9.34. The molecular weight excluding hydrogens is 208 g/mol. The van der Waals surface area contributed by atoms with Gasteiger partial charge in [0.2, 0.25) is 0 Å². The zero-order chi connectivity index (χ0) is 12.0. The van der Waals surface area contributed by atoms with Crippen molar-refractivity contribution in [3.63, 3.8) is 0 Å². The Labute approximate surface area is 95.1 Å². The highest BCUT2D eigenvalue weighted by molar-refractivity contribution is 5.13. The van der Waals surface area contributed by atoms with E-state index in [2.05, 4.69) is 0 Å². The van der Waals surface area contributed by atoms with Crippen LogP contribution in [0.15, 0.2) is 30.3 Å². The van der Waals surface area contributed by atoms with Crippen LogP contribution in [0.5, 0.6) is 0 Å². The highest BCUT2D eigenvalue weighted by Gasteiger charge is 2.29. The van der Waals surface area contributed by atoms with Crippen LogP contribution in [0.2, 0.25) is 0 Å². The number of hydrogen-bond acceptors (Lipinski definition) is 4. The predicted octanol–water partition coefficient (Wildman–Crippen LogP) is 0.307. The molecule has 0 unspecified atom stereocenters. The molecule has 1 aromatic rings. The molecule has 4 nitrogen and oxygen atoms in total. The van der Waals surface area contributed by atoms with Gasteiger partial charge in [-0.2, -0.15) is 0 Å². The normalized spacial score (nSPS) is 16.8. The van der Waals surface area contributed by atoms with E-state index in [1.54, 1.807) is 0 Å². The van der Waals surface area contributed by atoms with Crippen molar-refractivity contribution >= 4 is 0 Å². The Morgan fingerprint density at radius 3 is 2.50 bits per heavy atom. The predicted molar refractivity (Wildman–Crippen MR) is 59.8 cm³/mol. The molecule has 0 radical (unpaired) electrons. The molecule has 0 bridgehead atoms. The Morgan fingerprint density at radius 2 is 1.94 bits per heavy atom. The second-order valence-corrected chi connectivity index (χ2v) is 4.03. The summed E-state index contributed by atoms with van der Waals surface area (Å²) in [5, 5.41) is 27.8. The van der Waals surface area contributed by atoms with Crippen molar-refractivity contribution in [2.75, 3.05) is 13.2 Å². The van der Waals surface area contributed by atoms with Crippen LogP contribution in [0.25, 0.3) is 0 Å². The van der Waals surface area contributed by atoms with Gasteiger partial charge in [-0.3, -0.25) is 0 Å². The van der Waals surface area contributed by atoms with Gasteiger partial charge in [0.05, 0.1) is 19.8 Å². The summed E-state index contributed by atoms with van der Waals surface area (Å²) >= 11 is 0. The van der Waals surface area contributed by atoms with Crippen molar-refractivity contribution in [2.45, 2.75) is 25.2 Å². The first kappa shape index (κ1) is 13.1. The molecule has 0 fully saturated rings. The number of aliphatic hydroxyl groups is 3. The van der Waals surface area contributed by atoms with E-state index in [9.17, 15) is 10.2 Å². The van der Waals surface area contributed by atoms with E-state index < -0.39 is 18.3 Å². The van der Waals surface area contributed by atoms with E-state index in [1.165, 1.54) is 6.92 Å². The van der Waals surface area contributed by atoms with Crippen LogP contribution in [0.3, 0.4) is 0 Å². The molecule has 0 aliphatic carbocycles. The van der Waals surface area contributed by atoms with Crippen molar-refractivity contribution in [3.8, 4) is 0 Å². The highest BCUT2D eigenvalue weighted by Crippen LogP contribution is 2.11. The Bertz CT molecular complexity index is 297. The molecule has 3 N–H and O–H groups in total. The second kappa shape index (κ2) is 5.96. The average molecular weight is 226 g/mol. The summed E-state index contributed by atoms with van der Waals surface area (Å²) in [5.74, 6) is 0. The standard InChI is InChI=1S/C12H18O4/c1-12(15,11(14)7-13)9-16-8-10-5-3-2-4-6-10/h2-6,11,13-15H,7-9H2,1H3/t11-,12+/m1/s1. The van der Waals surface area contributed by atoms with Crippen molar-refractivity contribution < 1.29 is 20.1 Å². The third kappa shape index (κ3) is 3.90. The summed E-state index contributed by atoms with van der Waals surface area (Å²) in [6.07, 6.45) is -1.19. The lowest BCUT2D eigenvalue weighted by atomic mass is 10.0. The highest BCUT2D eigenvalue weighted by atomic mass is 16.5. The van der Waals surface area contributed by atoms with Crippen LogP contribution in [0.4, 0.5) is 0 Å². The molecule has 1 aromatic carbocycles. The van der Waals surface area contributed by atoms with E-state index in [0.29, 0.717) is 6.61 Å². The molecule has 0 aliphatic rings. The summed E-state index contributed by atoms with van der Waals surface area (Å²) in [5.41, 5.74) is -0.430. The van der Waals surface area contributed by atoms with Crippen LogP contribution in [0.1, 0.15) is 12.5 Å². The molecule has 0 aliphatic heterocycles. The van der Waals surface area contributed by atoms with Gasteiger partial charge in [0.1, 0.15) is 11.7 Å². The molecule has 0 heterocycles. The number of benzene rings is 1. The number of rotatable bonds is 6. The average Bonchev–Trinajstić information content (AvgIpc) is 2.29. The van der Waals surface area contributed by atoms with Crippen LogP contribution >= 0.6 is 0 Å². The Hall–Kier alpha value is -0.940. The molecule has 2 atom stereocenters. The summed E-state index contributed by atoms with van der Waals surface area (Å²) in [4.78, 5) is 0. The summed E-state index contributed by atoms with van der Waals surface area (Å²) in [7, 11) is 0. The van der Waals surface area contributed by atoms with E-state index >= 15 is 0 Å². The molecular formula is C12H18O4. The van der Waals surface area contributed by atoms with Gasteiger partial charge in [0.15, 0.2) is 0 Å². The van der Waals surface area contributed by atoms with Gasteiger partial charge in [-0.05, 0) is 12.5 Å². The topological polar surface area (TPSA) is 69.9 Å². The van der Waals surface area contributed by atoms with E-state index in [4.69, 9.17) is 9.84 Å². The Morgan fingerprint density at radius 1 is 1.31 bits per heavy atom. The van der Waals surface area contributed by atoms with Crippen molar-refractivity contribution in [1.82, 2.24) is 0 Å². The van der Waals surface area contributed by atoms with Crippen molar-refractivity contribution in [3.05, 3.63) is 35.9 Å². The van der Waals surface area contributed by atoms with Gasteiger partial charge >= 0.3 is 0 Å². The van der Waals surface area contributed by atoms with Crippen molar-refractivity contribution in [1.29, 1.82) is 0 Å². The van der Waals surface area contributed by atoms with Gasteiger partial charge in [0, 0.05) is 0 Å². The van der Waals surface area contributed by atoms with Crippen molar-refractivity contribution in [2.24, 2.45) is 0 Å². The minimum absolute atomic E-state index is 0.0242. The molecule has 0 saturated carbocycles. The maximum atomic E-state index is 9.73. The van der Waals surface area contributed by atoms with Crippen LogP contribution in [0, 0.1) is 0 Å². The van der Waals surface area contributed by atoms with Crippen LogP contribution in [-0.4, -0.2) is 40.2 Å². The lowest BCUT2D eigenvalue weighted by molar-refractivity contribution is -0.125. The number of aliphatic hydroxyl groups excluding tert-OH is 2. The van der Waals surface area contributed by atoms with E-state index in [-0.39, 0.29) is 6.61 Å². The molecule has 16 heavy (non-hydrogen) atoms. The fourth-order valence-corrected chi connectivity index (χ4v) is 1.24. The first-order chi connectivity index (χ1) is 7.56. The summed E-state index contributed by atoms with van der Waals surface area (Å²) in [6, 6.07) is 9.54. The third-order valence-electron chi connectivity index (χ3n) is 2.40. The maximum Gasteiger partial charge on any atom is 0.113 e. The summed E-state index contributed by atoms with van der Waals surface area (Å²) < 4.78 is 5.29. The largest absolute Gasteiger partial charge is 0.394 e. The van der Waals surface area contributed by atoms with Gasteiger partial charge in [-0.1, -0.05) is 30.3 Å². The zero-order valence-corrected chi connectivity index (χ0v) is 9.34. The van der Waals surface area contributed by atoms with Gasteiger partial charge in [-0.25, -0.2) is 0 Å². The van der Waals surface area contributed by atoms with Crippen LogP contribution in [-0.2, 0) is 11.3 Å². The van der Waals surface area contributed by atoms with Gasteiger partial charge in [-0.15, -0.1) is 0 Å². The Kier molecular flexibility index (Phi) is 4.89. The molecule has 90 valence electrons. The van der Waals surface area contributed by atoms with Gasteiger partial charge in [0.25, 0.3) is 0 Å². The first-order valence-electron chi connectivity index (χ1n) is 5.19. The third-order valence-corrected chi connectivity index (χ3v) is 2.40. The smallest absolute Gasteiger partial charge is 0.113 e. The van der Waals surface area contributed by atoms with E-state index in [0.717, 1.165) is 5.56 Å². The molecule has 0 aromatic heterocycles. The minimum Gasteiger partial charge on any atom is -0.394 e. The van der Waals surface area contributed by atoms with Crippen LogP contribution < -0.4 is 0 Å². The van der Waals surface area contributed by atoms with Gasteiger partial charge < -0.3 is 20.1 Å². The molecule has 0 saturated heterocycles. The maximum absolute atomic E-state index is 9.73. The summed E-state index contributed by atoms with van der Waals surface area (Å²) in [6.45, 7) is 1.29. The number of hydrogen-bond donors (Lipinski definition) is 3. The Balaban J connectivity index is 2.35. The molecule has 1 rings (SSSR count). The second-order valence-electron chi connectivity index (χ2n) is 4.03. The quantitative estimate of drug-likeness (QED) is 0.653. The monoisotopic (exact) mass is 226 g/mol. The SMILES string of the molecule is C[C@](O)(COCc1ccccc1)[C@H](O)CO. The lowest BCUT2D eigenvalue weighted by Crippen LogP contribution is -2.45. The molecule has 0 amide bonds. The minimum atomic E-state index is -1.43. The van der Waals surface area contributed by atoms with E-state index in [1.807, 2.05) is 30.3 Å². The molecule has 4 heteroatoms. The first-order valence-corrected chi connectivity index (χ1v) is 5.19. The fourth-order valence-electron chi connectivity index (χ4n) is 1.24. The number of ether oxygens (including phenoxy) is 1. The molecule has 0 spiro atoms. The fraction of sp³-hybridized carbons (Fsp3) is 0.500.